The molecule has 1 aromatic carbocycles. The van der Waals surface area contributed by atoms with Crippen molar-refractivity contribution in [1.29, 1.82) is 0 Å². The molecule has 0 heterocycles. The lowest BCUT2D eigenvalue weighted by Crippen LogP contribution is -2.56. The van der Waals surface area contributed by atoms with Gasteiger partial charge < -0.3 is 4.90 Å². The van der Waals surface area contributed by atoms with Gasteiger partial charge in [0.15, 0.2) is 0 Å². The number of rotatable bonds is 27. The van der Waals surface area contributed by atoms with Gasteiger partial charge in [0.05, 0.1) is 33.6 Å². The molecule has 0 aliphatic heterocycles. The van der Waals surface area contributed by atoms with E-state index < -0.39 is 51.0 Å². The largest absolute Gasteiger partial charge is 0.354 e. The lowest BCUT2D eigenvalue weighted by molar-refractivity contribution is 0.338. The Kier molecular flexibility index (Phi) is 19.3. The van der Waals surface area contributed by atoms with E-state index in [0.29, 0.717) is 77.0 Å². The quantitative estimate of drug-likeness (QED) is 0.0497. The van der Waals surface area contributed by atoms with E-state index in [4.69, 9.17) is 0 Å². The minimum atomic E-state index is -4.10. The second kappa shape index (κ2) is 20.4. The van der Waals surface area contributed by atoms with Crippen molar-refractivity contribution in [2.45, 2.75) is 113 Å². The molecule has 0 radical (unpaired) electrons. The van der Waals surface area contributed by atoms with Crippen LogP contribution in [0.1, 0.15) is 103 Å². The third-order valence-electron chi connectivity index (χ3n) is 7.95. The summed E-state index contributed by atoms with van der Waals surface area (Å²) in [5, 5.41) is -1.27. The van der Waals surface area contributed by atoms with Crippen LogP contribution in [0.4, 0.5) is 5.69 Å². The van der Waals surface area contributed by atoms with E-state index in [1.54, 1.807) is 0 Å². The van der Waals surface area contributed by atoms with Crippen molar-refractivity contribution >= 4 is 64.6 Å². The van der Waals surface area contributed by atoms with Gasteiger partial charge in [0, 0.05) is 5.69 Å². The molecule has 2 unspecified atom stereocenters. The molecule has 0 saturated heterocycles. The zero-order valence-electron chi connectivity index (χ0n) is 26.8. The topological polar surface area (TPSA) is 221 Å². The molecule has 47 heavy (non-hydrogen) atoms. The van der Waals surface area contributed by atoms with E-state index >= 15 is 0 Å². The number of benzene rings is 1. The number of hydrogen-bond donors (Lipinski definition) is 4. The molecule has 0 bridgehead atoms. The predicted octanol–water partition coefficient (Wildman–Crippen LogP) is 5.43. The summed E-state index contributed by atoms with van der Waals surface area (Å²) in [6, 6.07) is 9.60. The number of unbranched alkanes of at least 4 members (excludes halogenated alkanes) is 8. The highest BCUT2D eigenvalue weighted by Crippen LogP contribution is 2.49. The van der Waals surface area contributed by atoms with Crippen LogP contribution in [0.25, 0.3) is 0 Å². The molecule has 13 nitrogen and oxygen atoms in total. The van der Waals surface area contributed by atoms with E-state index in [1.807, 2.05) is 30.3 Å². The fraction of sp³-hybridized carbons (Fsp3) is 0.786. The van der Waals surface area contributed by atoms with Crippen LogP contribution in [0.2, 0.25) is 0 Å². The monoisotopic (exact) mass is 785 g/mol. The van der Waals surface area contributed by atoms with Gasteiger partial charge in [-0.25, -0.2) is 0 Å². The second-order valence-corrected chi connectivity index (χ2v) is 20.7. The zero-order chi connectivity index (χ0) is 35.8. The molecule has 0 spiro atoms. The van der Waals surface area contributed by atoms with Crippen molar-refractivity contribution in [3.05, 3.63) is 30.3 Å². The molecular formula is C28H53NO12P2S4. The number of para-hydroxylation sites is 1. The van der Waals surface area contributed by atoms with Gasteiger partial charge in [-0.3, -0.25) is 18.2 Å². The Morgan fingerprint density at radius 2 is 0.702 bits per heavy atom. The first-order chi connectivity index (χ1) is 21.6. The minimum Gasteiger partial charge on any atom is -0.354 e. The SMILES string of the molecule is O=S(=O)(O)CCCCCC(P)(CCCCCS(=O)(=O)O)N(c1ccccc1)C(P)(CCCCCS(=O)(=O)O)CCCCCS(=O)(=O)O. The number of anilines is 1. The number of nitrogens with zero attached hydrogens (tertiary/aromatic N) is 1. The highest BCUT2D eigenvalue weighted by molar-refractivity contribution is 7.86. The summed E-state index contributed by atoms with van der Waals surface area (Å²) in [4.78, 5) is 2.28. The molecule has 0 fully saturated rings. The molecular weight excluding hydrogens is 733 g/mol. The standard InChI is InChI=1S/C28H53NO12P2S4/c30-44(31,32)22-12-2-8-18-27(42,19-9-3-13-23-45(33,34)35)29(26-16-6-1-7-17-26)28(43,20-10-4-14-24-46(36,37)38)21-11-5-15-25-47(39,40)41/h1,6-7,16-17H,2-5,8-15,18-25,42-43H2,(H,30,31,32)(H,33,34,35)(H,36,37,38)(H,39,40,41). The van der Waals surface area contributed by atoms with Crippen LogP contribution in [0.3, 0.4) is 0 Å². The van der Waals surface area contributed by atoms with Crippen LogP contribution in [-0.4, -0.2) is 85.5 Å². The predicted molar refractivity (Wildman–Crippen MR) is 193 cm³/mol. The molecule has 276 valence electrons. The molecule has 0 aromatic heterocycles. The van der Waals surface area contributed by atoms with Crippen molar-refractivity contribution < 1.29 is 51.9 Å². The van der Waals surface area contributed by atoms with Crippen LogP contribution >= 0.6 is 18.5 Å². The van der Waals surface area contributed by atoms with E-state index in [0.717, 1.165) is 5.69 Å². The van der Waals surface area contributed by atoms with Gasteiger partial charge in [-0.15, -0.1) is 18.5 Å². The molecule has 2 atom stereocenters. The highest BCUT2D eigenvalue weighted by atomic mass is 32.2. The van der Waals surface area contributed by atoms with Gasteiger partial charge in [-0.2, -0.15) is 33.7 Å². The fourth-order valence-electron chi connectivity index (χ4n) is 5.80. The van der Waals surface area contributed by atoms with Gasteiger partial charge in [-0.05, 0) is 63.5 Å². The minimum absolute atomic E-state index is 0.271. The van der Waals surface area contributed by atoms with Crippen LogP contribution < -0.4 is 4.90 Å². The van der Waals surface area contributed by atoms with Gasteiger partial charge in [0.2, 0.25) is 0 Å². The van der Waals surface area contributed by atoms with Crippen LogP contribution in [-0.2, 0) is 40.5 Å². The molecule has 1 rings (SSSR count). The van der Waals surface area contributed by atoms with Gasteiger partial charge in [0.1, 0.15) is 0 Å². The van der Waals surface area contributed by atoms with Crippen molar-refractivity contribution in [2.75, 3.05) is 27.9 Å². The fourth-order valence-corrected chi connectivity index (χ4v) is 9.86. The normalized spacial score (nSPS) is 13.6. The third kappa shape index (κ3) is 21.4. The van der Waals surface area contributed by atoms with Gasteiger partial charge in [0.25, 0.3) is 40.5 Å². The number of hydrogen-bond acceptors (Lipinski definition) is 9. The smallest absolute Gasteiger partial charge is 0.264 e. The molecule has 0 amide bonds. The van der Waals surface area contributed by atoms with Crippen LogP contribution in [0, 0.1) is 0 Å². The van der Waals surface area contributed by atoms with Crippen LogP contribution in [0.5, 0.6) is 0 Å². The Morgan fingerprint density at radius 1 is 0.447 bits per heavy atom. The Bertz CT molecular complexity index is 1310. The summed E-state index contributed by atoms with van der Waals surface area (Å²) in [7, 11) is -10.5. The molecule has 1 aromatic rings. The van der Waals surface area contributed by atoms with Crippen molar-refractivity contribution in [1.82, 2.24) is 0 Å². The maximum absolute atomic E-state index is 11.3. The molecule has 0 saturated carbocycles. The van der Waals surface area contributed by atoms with Gasteiger partial charge >= 0.3 is 0 Å². The first-order valence-electron chi connectivity index (χ1n) is 15.8. The first-order valence-corrected chi connectivity index (χ1v) is 23.4. The van der Waals surface area contributed by atoms with Gasteiger partial charge in [-0.1, -0.05) is 69.6 Å². The Labute approximate surface area is 286 Å². The summed E-state index contributed by atoms with van der Waals surface area (Å²) in [5.41, 5.74) is 0.879. The first kappa shape index (κ1) is 44.5. The molecule has 19 heteroatoms. The van der Waals surface area contributed by atoms with E-state index in [9.17, 15) is 51.9 Å². The van der Waals surface area contributed by atoms with Crippen molar-refractivity contribution in [3.63, 3.8) is 0 Å². The summed E-state index contributed by atoms with van der Waals surface area (Å²) in [6.45, 7) is 0. The van der Waals surface area contributed by atoms with E-state index in [1.165, 1.54) is 0 Å². The Morgan fingerprint density at radius 3 is 0.936 bits per heavy atom. The lowest BCUT2D eigenvalue weighted by Gasteiger charge is -2.54. The lowest BCUT2D eigenvalue weighted by atomic mass is 9.92. The van der Waals surface area contributed by atoms with Crippen LogP contribution in [0.15, 0.2) is 30.3 Å². The van der Waals surface area contributed by atoms with Crippen molar-refractivity contribution in [3.8, 4) is 0 Å². The summed E-state index contributed by atoms with van der Waals surface area (Å²) in [6.07, 6.45) is 7.94. The third-order valence-corrected chi connectivity index (χ3v) is 12.8. The average molecular weight is 786 g/mol. The Hall–Kier alpha value is -0.480. The molecule has 4 N–H and O–H groups in total. The average Bonchev–Trinajstić information content (AvgIpc) is 2.90. The van der Waals surface area contributed by atoms with E-state index in [2.05, 4.69) is 23.4 Å². The maximum atomic E-state index is 11.3. The van der Waals surface area contributed by atoms with E-state index in [-0.39, 0.29) is 48.7 Å². The maximum Gasteiger partial charge on any atom is 0.264 e. The highest BCUT2D eigenvalue weighted by Gasteiger charge is 2.42. The summed E-state index contributed by atoms with van der Waals surface area (Å²) >= 11 is 0. The second-order valence-electron chi connectivity index (χ2n) is 12.3. The molecule has 0 aliphatic carbocycles. The zero-order valence-corrected chi connectivity index (χ0v) is 32.4. The summed E-state index contributed by atoms with van der Waals surface area (Å²) in [5.74, 6) is -1.41. The summed E-state index contributed by atoms with van der Waals surface area (Å²) < 4.78 is 127. The molecule has 0 aliphatic rings. The van der Waals surface area contributed by atoms with Crippen molar-refractivity contribution in [2.24, 2.45) is 0 Å². The Balaban J connectivity index is 3.44.